The van der Waals surface area contributed by atoms with E-state index in [9.17, 15) is 9.59 Å². The molecular weight excluding hydrogens is 260 g/mol. The molecular formula is C14H26N2O2S. The van der Waals surface area contributed by atoms with Gasteiger partial charge in [-0.1, -0.05) is 34.1 Å². The molecule has 0 aliphatic heterocycles. The lowest BCUT2D eigenvalue weighted by Gasteiger charge is -2.21. The molecule has 0 spiro atoms. The summed E-state index contributed by atoms with van der Waals surface area (Å²) >= 11 is 1.92. The normalized spacial score (nSPS) is 23.2. The van der Waals surface area contributed by atoms with Gasteiger partial charge < -0.3 is 10.6 Å². The van der Waals surface area contributed by atoms with Crippen molar-refractivity contribution in [2.75, 3.05) is 12.3 Å². The van der Waals surface area contributed by atoms with E-state index in [1.165, 1.54) is 12.8 Å². The maximum Gasteiger partial charge on any atom is 0.239 e. The first kappa shape index (κ1) is 16.3. The molecule has 0 bridgehead atoms. The van der Waals surface area contributed by atoms with Crippen molar-refractivity contribution in [3.63, 3.8) is 0 Å². The van der Waals surface area contributed by atoms with E-state index in [1.54, 1.807) is 0 Å². The number of hydrogen-bond acceptors (Lipinski definition) is 3. The highest BCUT2D eigenvalue weighted by Crippen LogP contribution is 2.29. The number of amides is 2. The fraction of sp³-hybridized carbons (Fsp3) is 0.857. The van der Waals surface area contributed by atoms with Crippen molar-refractivity contribution >= 4 is 23.6 Å². The van der Waals surface area contributed by atoms with Crippen LogP contribution >= 0.6 is 11.8 Å². The van der Waals surface area contributed by atoms with Gasteiger partial charge in [0.05, 0.1) is 6.54 Å². The third-order valence-electron chi connectivity index (χ3n) is 3.27. The summed E-state index contributed by atoms with van der Waals surface area (Å²) in [4.78, 5) is 23.5. The van der Waals surface area contributed by atoms with Crippen molar-refractivity contribution < 1.29 is 9.59 Å². The minimum Gasteiger partial charge on any atom is -0.351 e. The Morgan fingerprint density at radius 1 is 1.26 bits per heavy atom. The van der Waals surface area contributed by atoms with E-state index in [-0.39, 0.29) is 24.4 Å². The molecule has 110 valence electrons. The highest BCUT2D eigenvalue weighted by Gasteiger charge is 2.28. The lowest BCUT2D eigenvalue weighted by atomic mass is 9.96. The van der Waals surface area contributed by atoms with Gasteiger partial charge in [-0.2, -0.15) is 11.8 Å². The van der Waals surface area contributed by atoms with Gasteiger partial charge in [0, 0.05) is 16.7 Å². The van der Waals surface area contributed by atoms with Crippen LogP contribution in [0.15, 0.2) is 0 Å². The summed E-state index contributed by atoms with van der Waals surface area (Å²) in [6, 6.07) is 0.268. The Morgan fingerprint density at radius 3 is 2.53 bits per heavy atom. The van der Waals surface area contributed by atoms with Gasteiger partial charge in [-0.3, -0.25) is 9.59 Å². The lowest BCUT2D eigenvalue weighted by Crippen LogP contribution is -2.46. The number of carbonyl (C=O) groups is 2. The molecule has 2 amide bonds. The van der Waals surface area contributed by atoms with Crippen LogP contribution in [0.2, 0.25) is 0 Å². The van der Waals surface area contributed by atoms with E-state index in [2.05, 4.69) is 17.6 Å². The fourth-order valence-corrected chi connectivity index (χ4v) is 3.39. The predicted molar refractivity (Wildman–Crippen MR) is 80.2 cm³/mol. The molecule has 5 heteroatoms. The minimum absolute atomic E-state index is 0.0776. The highest BCUT2D eigenvalue weighted by molar-refractivity contribution is 7.99. The fourth-order valence-electron chi connectivity index (χ4n) is 2.19. The summed E-state index contributed by atoms with van der Waals surface area (Å²) < 4.78 is 0. The first-order valence-corrected chi connectivity index (χ1v) is 8.08. The quantitative estimate of drug-likeness (QED) is 0.812. The molecule has 1 fully saturated rings. The maximum absolute atomic E-state index is 11.8. The van der Waals surface area contributed by atoms with E-state index >= 15 is 0 Å². The van der Waals surface area contributed by atoms with Crippen LogP contribution in [-0.4, -0.2) is 35.4 Å². The molecule has 1 saturated carbocycles. The summed E-state index contributed by atoms with van der Waals surface area (Å²) in [5, 5.41) is 6.27. The Morgan fingerprint density at radius 2 is 1.95 bits per heavy atom. The zero-order chi connectivity index (χ0) is 14.5. The van der Waals surface area contributed by atoms with E-state index in [0.717, 1.165) is 12.2 Å². The second-order valence-electron chi connectivity index (χ2n) is 6.03. The van der Waals surface area contributed by atoms with Crippen LogP contribution in [-0.2, 0) is 9.59 Å². The SMILES string of the molecule is CCS[C@@H]1CCC[C@@H]1NC(=O)CNC(=O)C(C)(C)C. The van der Waals surface area contributed by atoms with E-state index < -0.39 is 5.41 Å². The van der Waals surface area contributed by atoms with Gasteiger partial charge in [-0.25, -0.2) is 0 Å². The standard InChI is InChI=1S/C14H26N2O2S/c1-5-19-11-8-6-7-10(11)16-12(17)9-15-13(18)14(2,3)4/h10-11H,5-9H2,1-4H3,(H,15,18)(H,16,17)/t10-,11+/m0/s1. The lowest BCUT2D eigenvalue weighted by molar-refractivity contribution is -0.131. The molecule has 0 aromatic carbocycles. The van der Waals surface area contributed by atoms with Gasteiger partial charge in [0.2, 0.25) is 11.8 Å². The summed E-state index contributed by atoms with van der Waals surface area (Å²) in [5.74, 6) is 0.914. The number of nitrogens with one attached hydrogen (secondary N) is 2. The maximum atomic E-state index is 11.8. The Kier molecular flexibility index (Phi) is 6.17. The topological polar surface area (TPSA) is 58.2 Å². The van der Waals surface area contributed by atoms with Crippen LogP contribution in [0.25, 0.3) is 0 Å². The molecule has 0 radical (unpaired) electrons. The van der Waals surface area contributed by atoms with Crippen LogP contribution in [0.4, 0.5) is 0 Å². The van der Waals surface area contributed by atoms with Crippen LogP contribution in [0, 0.1) is 5.41 Å². The van der Waals surface area contributed by atoms with Crippen LogP contribution in [0.3, 0.4) is 0 Å². The molecule has 1 aliphatic carbocycles. The molecule has 0 aromatic rings. The Bertz CT molecular complexity index is 326. The van der Waals surface area contributed by atoms with Crippen molar-refractivity contribution in [1.82, 2.24) is 10.6 Å². The van der Waals surface area contributed by atoms with Gasteiger partial charge in [0.25, 0.3) is 0 Å². The van der Waals surface area contributed by atoms with Crippen LogP contribution in [0.5, 0.6) is 0 Å². The summed E-state index contributed by atoms with van der Waals surface area (Å²) in [5.41, 5.74) is -0.450. The molecule has 19 heavy (non-hydrogen) atoms. The molecule has 0 heterocycles. The third kappa shape index (κ3) is 5.43. The van der Waals surface area contributed by atoms with Crippen molar-refractivity contribution in [2.24, 2.45) is 5.41 Å². The first-order valence-electron chi connectivity index (χ1n) is 7.04. The van der Waals surface area contributed by atoms with Crippen molar-refractivity contribution in [1.29, 1.82) is 0 Å². The zero-order valence-electron chi connectivity index (χ0n) is 12.4. The van der Waals surface area contributed by atoms with E-state index in [0.29, 0.717) is 5.25 Å². The van der Waals surface area contributed by atoms with Gasteiger partial charge in [-0.15, -0.1) is 0 Å². The Balaban J connectivity index is 2.33. The molecule has 2 N–H and O–H groups in total. The largest absolute Gasteiger partial charge is 0.351 e. The number of rotatable bonds is 5. The average molecular weight is 286 g/mol. The summed E-state index contributed by atoms with van der Waals surface area (Å²) in [6.45, 7) is 7.74. The Labute approximate surface area is 120 Å². The smallest absolute Gasteiger partial charge is 0.239 e. The molecule has 0 unspecified atom stereocenters. The molecule has 4 nitrogen and oxygen atoms in total. The summed E-state index contributed by atoms with van der Waals surface area (Å²) in [6.07, 6.45) is 3.41. The number of hydrogen-bond donors (Lipinski definition) is 2. The molecule has 0 aromatic heterocycles. The van der Waals surface area contributed by atoms with Crippen LogP contribution in [0.1, 0.15) is 47.0 Å². The molecule has 2 atom stereocenters. The van der Waals surface area contributed by atoms with Gasteiger partial charge >= 0.3 is 0 Å². The average Bonchev–Trinajstić information content (AvgIpc) is 2.73. The monoisotopic (exact) mass is 286 g/mol. The van der Waals surface area contributed by atoms with Gasteiger partial charge in [-0.05, 0) is 18.6 Å². The molecule has 1 rings (SSSR count). The Hall–Kier alpha value is -0.710. The highest BCUT2D eigenvalue weighted by atomic mass is 32.2. The van der Waals surface area contributed by atoms with Crippen LogP contribution < -0.4 is 10.6 Å². The molecule has 1 aliphatic rings. The summed E-state index contributed by atoms with van der Waals surface area (Å²) in [7, 11) is 0. The van der Waals surface area contributed by atoms with Gasteiger partial charge in [0.1, 0.15) is 0 Å². The van der Waals surface area contributed by atoms with Crippen molar-refractivity contribution in [3.05, 3.63) is 0 Å². The zero-order valence-corrected chi connectivity index (χ0v) is 13.2. The van der Waals surface area contributed by atoms with E-state index in [1.807, 2.05) is 32.5 Å². The minimum atomic E-state index is -0.450. The second-order valence-corrected chi connectivity index (χ2v) is 7.55. The van der Waals surface area contributed by atoms with Gasteiger partial charge in [0.15, 0.2) is 0 Å². The molecule has 0 saturated heterocycles. The second kappa shape index (κ2) is 7.17. The van der Waals surface area contributed by atoms with Crippen molar-refractivity contribution in [2.45, 2.75) is 58.2 Å². The van der Waals surface area contributed by atoms with E-state index in [4.69, 9.17) is 0 Å². The van der Waals surface area contributed by atoms with Crippen molar-refractivity contribution in [3.8, 4) is 0 Å². The first-order chi connectivity index (χ1) is 8.84. The number of carbonyl (C=O) groups excluding carboxylic acids is 2. The predicted octanol–water partition coefficient (Wildman–Crippen LogP) is 1.94. The third-order valence-corrected chi connectivity index (χ3v) is 4.60. The number of thioether (sulfide) groups is 1.